The van der Waals surface area contributed by atoms with Crippen LogP contribution in [0.5, 0.6) is 0 Å². The maximum absolute atomic E-state index is 14.2. The Labute approximate surface area is 193 Å². The fourth-order valence-corrected chi connectivity index (χ4v) is 9.20. The third-order valence-electron chi connectivity index (χ3n) is 11.6. The van der Waals surface area contributed by atoms with Crippen LogP contribution in [0.4, 0.5) is 4.39 Å². The summed E-state index contributed by atoms with van der Waals surface area (Å²) in [7, 11) is 0. The number of benzene rings is 1. The summed E-state index contributed by atoms with van der Waals surface area (Å²) < 4.78 is 14.2. The van der Waals surface area contributed by atoms with Crippen LogP contribution in [-0.4, -0.2) is 16.5 Å². The van der Waals surface area contributed by atoms with Crippen molar-refractivity contribution in [2.75, 3.05) is 0 Å². The summed E-state index contributed by atoms with van der Waals surface area (Å²) in [6, 6.07) is 5.03. The highest BCUT2D eigenvalue weighted by molar-refractivity contribution is 5.98. The van der Waals surface area contributed by atoms with Gasteiger partial charge in [0.1, 0.15) is 5.82 Å². The highest BCUT2D eigenvalue weighted by atomic mass is 19.1. The molecule has 3 heteroatoms. The van der Waals surface area contributed by atoms with Crippen molar-refractivity contribution in [2.45, 2.75) is 98.0 Å². The average Bonchev–Trinajstić information content (AvgIpc) is 3.01. The topological polar surface area (TPSA) is 37.3 Å². The average molecular weight is 441 g/mol. The van der Waals surface area contributed by atoms with E-state index in [9.17, 15) is 14.3 Å². The van der Waals surface area contributed by atoms with E-state index in [0.29, 0.717) is 34.3 Å². The van der Waals surface area contributed by atoms with Gasteiger partial charge >= 0.3 is 0 Å². The standard InChI is InChI=1S/C29H41FO2/c1-18-6-7-19(16-24(18)30)25(31)23-11-13-28(4)22-9-8-20-17-26(2,32)14-15-27(20,3)21(22)10-12-29(23,28)5/h6-7,16,20-23,32H,8-15,17H2,1-5H3/t20-,21+,22-,23-,26-,27+,28+,29-/m1/s1. The molecule has 8 atom stereocenters. The number of carbonyl (C=O) groups is 1. The lowest BCUT2D eigenvalue weighted by molar-refractivity contribution is -0.172. The van der Waals surface area contributed by atoms with Gasteiger partial charge in [-0.25, -0.2) is 4.39 Å². The van der Waals surface area contributed by atoms with Gasteiger partial charge in [-0.1, -0.05) is 32.9 Å². The predicted octanol–water partition coefficient (Wildman–Crippen LogP) is 7.12. The molecule has 0 spiro atoms. The fraction of sp³-hybridized carbons (Fsp3) is 0.759. The van der Waals surface area contributed by atoms with E-state index < -0.39 is 5.60 Å². The lowest BCUT2D eigenvalue weighted by Gasteiger charge is -2.65. The molecule has 1 N–H and O–H groups in total. The van der Waals surface area contributed by atoms with Gasteiger partial charge in [-0.15, -0.1) is 0 Å². The molecule has 32 heavy (non-hydrogen) atoms. The lowest BCUT2D eigenvalue weighted by Crippen LogP contribution is -2.59. The molecule has 4 aliphatic rings. The minimum absolute atomic E-state index is 0.00632. The first-order valence-electron chi connectivity index (χ1n) is 12.9. The van der Waals surface area contributed by atoms with Crippen molar-refractivity contribution in [3.8, 4) is 0 Å². The number of hydrogen-bond acceptors (Lipinski definition) is 2. The highest BCUT2D eigenvalue weighted by Gasteiger charge is 2.66. The van der Waals surface area contributed by atoms with Gasteiger partial charge in [-0.05, 0) is 117 Å². The number of aliphatic hydroxyl groups is 1. The lowest BCUT2D eigenvalue weighted by atomic mass is 9.40. The molecular formula is C29H41FO2. The number of carbonyl (C=O) groups excluding carboxylic acids is 1. The smallest absolute Gasteiger partial charge is 0.166 e. The summed E-state index contributed by atoms with van der Waals surface area (Å²) in [5.74, 6) is 1.84. The Morgan fingerprint density at radius 1 is 0.938 bits per heavy atom. The van der Waals surface area contributed by atoms with Gasteiger partial charge in [0.15, 0.2) is 5.78 Å². The monoisotopic (exact) mass is 440 g/mol. The summed E-state index contributed by atoms with van der Waals surface area (Å²) in [4.78, 5) is 13.6. The Bertz CT molecular complexity index is 937. The SMILES string of the molecule is Cc1ccc(C(=O)[C@H]2CC[C@@]3(C)[C@@H]4CC[C@@H]5C[C@](C)(O)CC[C@]5(C)[C@H]4CC[C@]23C)cc1F. The van der Waals surface area contributed by atoms with Crippen molar-refractivity contribution in [3.63, 3.8) is 0 Å². The van der Waals surface area contributed by atoms with Crippen molar-refractivity contribution in [1.82, 2.24) is 0 Å². The normalized spacial score (nSPS) is 48.0. The molecule has 0 bridgehead atoms. The van der Waals surface area contributed by atoms with Crippen LogP contribution in [0.25, 0.3) is 0 Å². The molecule has 4 saturated carbocycles. The Morgan fingerprint density at radius 2 is 1.66 bits per heavy atom. The highest BCUT2D eigenvalue weighted by Crippen LogP contribution is 2.73. The van der Waals surface area contributed by atoms with Gasteiger partial charge in [0.2, 0.25) is 0 Å². The van der Waals surface area contributed by atoms with Crippen molar-refractivity contribution in [1.29, 1.82) is 0 Å². The number of aryl methyl sites for hydroxylation is 1. The van der Waals surface area contributed by atoms with E-state index in [1.165, 1.54) is 25.3 Å². The molecule has 4 fully saturated rings. The summed E-state index contributed by atoms with van der Waals surface area (Å²) in [5.41, 5.74) is 1.11. The molecule has 4 aliphatic carbocycles. The molecule has 1 aromatic rings. The number of halogens is 1. The van der Waals surface area contributed by atoms with Crippen LogP contribution in [0.2, 0.25) is 0 Å². The molecule has 176 valence electrons. The number of Topliss-reactive ketones (excluding diaryl/α,β-unsaturated/α-hetero) is 1. The first kappa shape index (κ1) is 22.6. The second-order valence-corrected chi connectivity index (χ2v) is 13.0. The first-order chi connectivity index (χ1) is 14.9. The Kier molecular flexibility index (Phi) is 5.03. The number of rotatable bonds is 2. The predicted molar refractivity (Wildman–Crippen MR) is 126 cm³/mol. The fourth-order valence-electron chi connectivity index (χ4n) is 9.20. The second kappa shape index (κ2) is 7.14. The number of hydrogen-bond donors (Lipinski definition) is 1. The third kappa shape index (κ3) is 3.02. The van der Waals surface area contributed by atoms with Crippen LogP contribution in [0, 0.1) is 52.7 Å². The third-order valence-corrected chi connectivity index (χ3v) is 11.6. The van der Waals surface area contributed by atoms with Gasteiger partial charge in [-0.3, -0.25) is 4.79 Å². The molecule has 2 nitrogen and oxygen atoms in total. The molecule has 0 heterocycles. The molecule has 0 saturated heterocycles. The molecular weight excluding hydrogens is 399 g/mol. The Morgan fingerprint density at radius 3 is 2.38 bits per heavy atom. The molecule has 0 amide bonds. The van der Waals surface area contributed by atoms with Crippen LogP contribution in [0.1, 0.15) is 101 Å². The molecule has 5 rings (SSSR count). The van der Waals surface area contributed by atoms with Gasteiger partial charge in [-0.2, -0.15) is 0 Å². The number of fused-ring (bicyclic) bond motifs is 5. The largest absolute Gasteiger partial charge is 0.390 e. The maximum atomic E-state index is 14.2. The molecule has 0 aliphatic heterocycles. The van der Waals surface area contributed by atoms with Crippen LogP contribution in [0.15, 0.2) is 18.2 Å². The summed E-state index contributed by atoms with van der Waals surface area (Å²) in [5, 5.41) is 10.7. The quantitative estimate of drug-likeness (QED) is 0.497. The number of ketones is 1. The van der Waals surface area contributed by atoms with E-state index in [1.54, 1.807) is 13.0 Å². The van der Waals surface area contributed by atoms with Crippen LogP contribution >= 0.6 is 0 Å². The van der Waals surface area contributed by atoms with E-state index in [-0.39, 0.29) is 28.3 Å². The second-order valence-electron chi connectivity index (χ2n) is 13.0. The van der Waals surface area contributed by atoms with Crippen LogP contribution in [-0.2, 0) is 0 Å². The van der Waals surface area contributed by atoms with E-state index in [2.05, 4.69) is 20.8 Å². The molecule has 0 radical (unpaired) electrons. The van der Waals surface area contributed by atoms with E-state index in [4.69, 9.17) is 0 Å². The van der Waals surface area contributed by atoms with Crippen LogP contribution in [0.3, 0.4) is 0 Å². The van der Waals surface area contributed by atoms with Gasteiger partial charge in [0.05, 0.1) is 5.60 Å². The first-order valence-corrected chi connectivity index (χ1v) is 12.9. The molecule has 0 unspecified atom stereocenters. The Balaban J connectivity index is 1.44. The van der Waals surface area contributed by atoms with Crippen molar-refractivity contribution in [3.05, 3.63) is 35.1 Å². The van der Waals surface area contributed by atoms with Crippen molar-refractivity contribution < 1.29 is 14.3 Å². The Hall–Kier alpha value is -1.22. The van der Waals surface area contributed by atoms with Crippen molar-refractivity contribution >= 4 is 5.78 Å². The van der Waals surface area contributed by atoms with E-state index in [1.807, 2.05) is 13.0 Å². The minimum atomic E-state index is -0.502. The minimum Gasteiger partial charge on any atom is -0.390 e. The van der Waals surface area contributed by atoms with Crippen LogP contribution < -0.4 is 0 Å². The van der Waals surface area contributed by atoms with Gasteiger partial charge < -0.3 is 5.11 Å². The van der Waals surface area contributed by atoms with Gasteiger partial charge in [0.25, 0.3) is 0 Å². The molecule has 0 aromatic heterocycles. The zero-order valence-corrected chi connectivity index (χ0v) is 20.6. The van der Waals surface area contributed by atoms with E-state index >= 15 is 0 Å². The van der Waals surface area contributed by atoms with Gasteiger partial charge in [0, 0.05) is 11.5 Å². The zero-order chi connectivity index (χ0) is 23.1. The van der Waals surface area contributed by atoms with E-state index in [0.717, 1.165) is 38.5 Å². The maximum Gasteiger partial charge on any atom is 0.166 e. The summed E-state index contributed by atoms with van der Waals surface area (Å²) >= 11 is 0. The van der Waals surface area contributed by atoms with Crippen molar-refractivity contribution in [2.24, 2.45) is 39.9 Å². The summed E-state index contributed by atoms with van der Waals surface area (Å²) in [6.07, 6.45) is 9.75. The zero-order valence-electron chi connectivity index (χ0n) is 20.6. The summed E-state index contributed by atoms with van der Waals surface area (Å²) in [6.45, 7) is 11.2. The molecule has 1 aromatic carbocycles.